The van der Waals surface area contributed by atoms with Crippen LogP contribution in [0.15, 0.2) is 30.3 Å². The number of nitrogens with zero attached hydrogens (tertiary/aromatic N) is 2. The van der Waals surface area contributed by atoms with E-state index in [1.165, 1.54) is 0 Å². The molecule has 0 fully saturated rings. The molecule has 2 N–H and O–H groups in total. The van der Waals surface area contributed by atoms with Gasteiger partial charge in [0.05, 0.1) is 5.69 Å². The number of para-hydroxylation sites is 1. The van der Waals surface area contributed by atoms with Gasteiger partial charge in [0.2, 0.25) is 0 Å². The van der Waals surface area contributed by atoms with Gasteiger partial charge in [0, 0.05) is 5.69 Å². The smallest absolute Gasteiger partial charge is 0.269 e. The summed E-state index contributed by atoms with van der Waals surface area (Å²) in [7, 11) is 0. The van der Waals surface area contributed by atoms with E-state index in [1.807, 2.05) is 48.7 Å². The zero-order valence-corrected chi connectivity index (χ0v) is 9.27. The number of hydrogen-bond acceptors (Lipinski definition) is 2. The quantitative estimate of drug-likeness (QED) is 0.826. The highest BCUT2D eigenvalue weighted by molar-refractivity contribution is 5.92. The van der Waals surface area contributed by atoms with Crippen molar-refractivity contribution in [2.45, 2.75) is 13.8 Å². The van der Waals surface area contributed by atoms with E-state index < -0.39 is 5.91 Å². The average Bonchev–Trinajstić information content (AvgIpc) is 2.56. The molecule has 4 nitrogen and oxygen atoms in total. The van der Waals surface area contributed by atoms with Gasteiger partial charge in [-0.2, -0.15) is 0 Å². The van der Waals surface area contributed by atoms with Crippen molar-refractivity contribution < 1.29 is 4.79 Å². The Morgan fingerprint density at radius 1 is 1.25 bits per heavy atom. The number of carbonyl (C=O) groups excluding carboxylic acids is 1. The molecule has 16 heavy (non-hydrogen) atoms. The Hall–Kier alpha value is -2.10. The number of rotatable bonds is 2. The molecule has 1 heterocycles. The minimum atomic E-state index is -0.490. The second-order valence-corrected chi connectivity index (χ2v) is 3.63. The Labute approximate surface area is 93.7 Å². The molecular weight excluding hydrogens is 202 g/mol. The third-order valence-electron chi connectivity index (χ3n) is 2.52. The Kier molecular flexibility index (Phi) is 2.48. The van der Waals surface area contributed by atoms with Gasteiger partial charge in [-0.3, -0.25) is 4.79 Å². The maximum absolute atomic E-state index is 11.2. The number of primary amides is 1. The predicted octanol–water partition coefficient (Wildman–Crippen LogP) is 1.59. The van der Waals surface area contributed by atoms with E-state index in [9.17, 15) is 4.79 Å². The van der Waals surface area contributed by atoms with E-state index >= 15 is 0 Å². The summed E-state index contributed by atoms with van der Waals surface area (Å²) in [6.45, 7) is 3.69. The highest BCUT2D eigenvalue weighted by Gasteiger charge is 2.15. The summed E-state index contributed by atoms with van der Waals surface area (Å²) in [5, 5.41) is 0. The second-order valence-electron chi connectivity index (χ2n) is 3.63. The lowest BCUT2D eigenvalue weighted by Crippen LogP contribution is -2.13. The Morgan fingerprint density at radius 2 is 1.88 bits per heavy atom. The van der Waals surface area contributed by atoms with Crippen LogP contribution in [0.1, 0.15) is 22.0 Å². The number of aromatic nitrogens is 2. The number of amides is 1. The van der Waals surface area contributed by atoms with Crippen molar-refractivity contribution in [3.05, 3.63) is 47.5 Å². The first-order valence-electron chi connectivity index (χ1n) is 5.02. The maximum Gasteiger partial charge on any atom is 0.269 e. The summed E-state index contributed by atoms with van der Waals surface area (Å²) in [5.74, 6) is 0.271. The van der Waals surface area contributed by atoms with E-state index in [4.69, 9.17) is 5.73 Å². The standard InChI is InChI=1S/C12H13N3O/c1-8-11(12(13)16)14-9(2)15(8)10-6-4-3-5-7-10/h3-7H,1-2H3,(H2,13,16). The SMILES string of the molecule is Cc1nc(C(N)=O)c(C)n1-c1ccccc1. The van der Waals surface area contributed by atoms with Crippen LogP contribution >= 0.6 is 0 Å². The summed E-state index contributed by atoms with van der Waals surface area (Å²) < 4.78 is 1.92. The van der Waals surface area contributed by atoms with Gasteiger partial charge in [0.15, 0.2) is 0 Å². The summed E-state index contributed by atoms with van der Waals surface area (Å²) in [6.07, 6.45) is 0. The molecule has 0 aliphatic rings. The molecule has 0 radical (unpaired) electrons. The normalized spacial score (nSPS) is 10.4. The third-order valence-corrected chi connectivity index (χ3v) is 2.52. The van der Waals surface area contributed by atoms with Crippen molar-refractivity contribution in [3.8, 4) is 5.69 Å². The lowest BCUT2D eigenvalue weighted by molar-refractivity contribution is 0.0995. The van der Waals surface area contributed by atoms with Crippen molar-refractivity contribution in [2.75, 3.05) is 0 Å². The van der Waals surface area contributed by atoms with Crippen LogP contribution in [-0.4, -0.2) is 15.5 Å². The number of carbonyl (C=O) groups is 1. The monoisotopic (exact) mass is 215 g/mol. The van der Waals surface area contributed by atoms with Gasteiger partial charge in [-0.25, -0.2) is 4.98 Å². The molecule has 2 aromatic rings. The molecule has 4 heteroatoms. The Balaban J connectivity index is 2.63. The fourth-order valence-electron chi connectivity index (χ4n) is 1.83. The molecule has 2 rings (SSSR count). The van der Waals surface area contributed by atoms with Crippen LogP contribution in [-0.2, 0) is 0 Å². The molecule has 1 aromatic heterocycles. The van der Waals surface area contributed by atoms with Crippen molar-refractivity contribution >= 4 is 5.91 Å². The molecule has 1 aromatic carbocycles. The topological polar surface area (TPSA) is 60.9 Å². The van der Waals surface area contributed by atoms with Crippen LogP contribution < -0.4 is 5.73 Å². The van der Waals surface area contributed by atoms with Crippen LogP contribution in [0.4, 0.5) is 0 Å². The predicted molar refractivity (Wildman–Crippen MR) is 61.6 cm³/mol. The van der Waals surface area contributed by atoms with Crippen LogP contribution in [0.5, 0.6) is 0 Å². The van der Waals surface area contributed by atoms with Gasteiger partial charge in [-0.15, -0.1) is 0 Å². The van der Waals surface area contributed by atoms with Crippen molar-refractivity contribution in [3.63, 3.8) is 0 Å². The molecule has 0 aliphatic carbocycles. The molecule has 82 valence electrons. The fraction of sp³-hybridized carbons (Fsp3) is 0.167. The van der Waals surface area contributed by atoms with Crippen LogP contribution in [0.2, 0.25) is 0 Å². The molecule has 0 aliphatic heterocycles. The number of aryl methyl sites for hydroxylation is 1. The van der Waals surface area contributed by atoms with Gasteiger partial charge >= 0.3 is 0 Å². The lowest BCUT2D eigenvalue weighted by Gasteiger charge is -2.07. The molecule has 0 bridgehead atoms. The molecule has 0 atom stereocenters. The summed E-state index contributed by atoms with van der Waals surface area (Å²) in [5.41, 5.74) is 7.35. The first-order chi connectivity index (χ1) is 7.61. The maximum atomic E-state index is 11.2. The highest BCUT2D eigenvalue weighted by atomic mass is 16.1. The first-order valence-corrected chi connectivity index (χ1v) is 5.02. The zero-order chi connectivity index (χ0) is 11.7. The highest BCUT2D eigenvalue weighted by Crippen LogP contribution is 2.16. The van der Waals surface area contributed by atoms with E-state index in [-0.39, 0.29) is 0 Å². The minimum Gasteiger partial charge on any atom is -0.364 e. The third kappa shape index (κ3) is 1.58. The first kappa shape index (κ1) is 10.4. The van der Waals surface area contributed by atoms with Gasteiger partial charge in [-0.05, 0) is 26.0 Å². The molecule has 0 unspecified atom stereocenters. The van der Waals surface area contributed by atoms with Gasteiger partial charge in [-0.1, -0.05) is 18.2 Å². The van der Waals surface area contributed by atoms with E-state index in [1.54, 1.807) is 0 Å². The van der Waals surface area contributed by atoms with E-state index in [2.05, 4.69) is 4.98 Å². The minimum absolute atomic E-state index is 0.335. The lowest BCUT2D eigenvalue weighted by atomic mass is 10.3. The van der Waals surface area contributed by atoms with Crippen LogP contribution in [0.3, 0.4) is 0 Å². The fourth-order valence-corrected chi connectivity index (χ4v) is 1.83. The van der Waals surface area contributed by atoms with Crippen LogP contribution in [0.25, 0.3) is 5.69 Å². The second kappa shape index (κ2) is 3.81. The number of imidazole rings is 1. The van der Waals surface area contributed by atoms with Gasteiger partial charge in [0.1, 0.15) is 11.5 Å². The van der Waals surface area contributed by atoms with Crippen LogP contribution in [0, 0.1) is 13.8 Å². The Bertz CT molecular complexity index is 529. The molecule has 0 saturated carbocycles. The number of hydrogen-bond donors (Lipinski definition) is 1. The largest absolute Gasteiger partial charge is 0.364 e. The summed E-state index contributed by atoms with van der Waals surface area (Å²) in [6, 6.07) is 9.76. The molecular formula is C12H13N3O. The van der Waals surface area contributed by atoms with E-state index in [0.717, 1.165) is 17.2 Å². The van der Waals surface area contributed by atoms with Crippen molar-refractivity contribution in [1.82, 2.24) is 9.55 Å². The number of benzene rings is 1. The molecule has 1 amide bonds. The molecule has 0 saturated heterocycles. The van der Waals surface area contributed by atoms with Gasteiger partial charge < -0.3 is 10.3 Å². The average molecular weight is 215 g/mol. The Morgan fingerprint density at radius 3 is 2.38 bits per heavy atom. The zero-order valence-electron chi connectivity index (χ0n) is 9.27. The van der Waals surface area contributed by atoms with Crippen molar-refractivity contribution in [2.24, 2.45) is 5.73 Å². The summed E-state index contributed by atoms with van der Waals surface area (Å²) >= 11 is 0. The van der Waals surface area contributed by atoms with Gasteiger partial charge in [0.25, 0.3) is 5.91 Å². The number of nitrogens with two attached hydrogens (primary N) is 1. The van der Waals surface area contributed by atoms with Crippen molar-refractivity contribution in [1.29, 1.82) is 0 Å². The summed E-state index contributed by atoms with van der Waals surface area (Å²) in [4.78, 5) is 15.3. The van der Waals surface area contributed by atoms with E-state index in [0.29, 0.717) is 5.69 Å². The molecule has 0 spiro atoms.